The Bertz CT molecular complexity index is 2140. The van der Waals surface area contributed by atoms with Crippen molar-refractivity contribution < 1.29 is 8.94 Å². The third-order valence-corrected chi connectivity index (χ3v) is 7.87. The van der Waals surface area contributed by atoms with Crippen LogP contribution in [-0.2, 0) is 0 Å². The summed E-state index contributed by atoms with van der Waals surface area (Å²) in [5.74, 6) is 0.835. The van der Waals surface area contributed by atoms with Crippen LogP contribution in [0, 0.1) is 13.8 Å². The summed E-state index contributed by atoms with van der Waals surface area (Å²) in [6, 6.07) is 36.7. The Hall–Kier alpha value is -4.89. The first-order chi connectivity index (χ1) is 18.7. The van der Waals surface area contributed by atoms with Crippen molar-refractivity contribution in [2.24, 2.45) is 0 Å². The second kappa shape index (κ2) is 7.80. The molecule has 0 amide bonds. The normalized spacial score (nSPS) is 11.9. The number of nitrogens with zero attached hydrogens (tertiary/aromatic N) is 1. The minimum Gasteiger partial charge on any atom is -0.455 e. The quantitative estimate of drug-likeness (QED) is 0.227. The first kappa shape index (κ1) is 21.2. The fraction of sp³-hybridized carbons (Fsp3) is 0.0571. The molecule has 8 aromatic rings. The van der Waals surface area contributed by atoms with Crippen LogP contribution in [0.1, 0.15) is 11.5 Å². The molecule has 0 saturated heterocycles. The molecule has 0 fully saturated rings. The summed E-state index contributed by atoms with van der Waals surface area (Å²) in [6.45, 7) is 4.01. The van der Waals surface area contributed by atoms with E-state index in [2.05, 4.69) is 108 Å². The maximum absolute atomic E-state index is 6.55. The first-order valence-corrected chi connectivity index (χ1v) is 12.9. The van der Waals surface area contributed by atoms with E-state index in [4.69, 9.17) is 8.94 Å². The lowest BCUT2D eigenvalue weighted by molar-refractivity contribution is 0.393. The van der Waals surface area contributed by atoms with Gasteiger partial charge in [-0.05, 0) is 70.1 Å². The topological polar surface area (TPSA) is 39.2 Å². The summed E-state index contributed by atoms with van der Waals surface area (Å²) in [4.78, 5) is 0. The zero-order valence-electron chi connectivity index (χ0n) is 21.1. The molecule has 0 N–H and O–H groups in total. The van der Waals surface area contributed by atoms with Gasteiger partial charge in [0.2, 0.25) is 0 Å². The molecule has 3 nitrogen and oxygen atoms in total. The third-order valence-electron chi connectivity index (χ3n) is 7.87. The van der Waals surface area contributed by atoms with Crippen LogP contribution in [0.5, 0.6) is 0 Å². The van der Waals surface area contributed by atoms with Crippen LogP contribution < -0.4 is 0 Å². The summed E-state index contributed by atoms with van der Waals surface area (Å²) in [7, 11) is 0. The highest BCUT2D eigenvalue weighted by Crippen LogP contribution is 2.46. The maximum Gasteiger partial charge on any atom is 0.143 e. The van der Waals surface area contributed by atoms with Gasteiger partial charge in [0.25, 0.3) is 0 Å². The molecular weight excluding hydrogens is 466 g/mol. The van der Waals surface area contributed by atoms with Crippen LogP contribution in [0.3, 0.4) is 0 Å². The van der Waals surface area contributed by atoms with Gasteiger partial charge in [-0.25, -0.2) is 0 Å². The molecule has 3 heteroatoms. The predicted molar refractivity (Wildman–Crippen MR) is 157 cm³/mol. The zero-order valence-corrected chi connectivity index (χ0v) is 21.1. The Labute approximate surface area is 218 Å². The summed E-state index contributed by atoms with van der Waals surface area (Å²) in [5.41, 5.74) is 7.34. The number of hydrogen-bond donors (Lipinski definition) is 0. The Morgan fingerprint density at radius 3 is 1.79 bits per heavy atom. The minimum absolute atomic E-state index is 0.835. The molecule has 0 unspecified atom stereocenters. The molecule has 2 aromatic heterocycles. The molecule has 0 saturated carbocycles. The maximum atomic E-state index is 6.55. The van der Waals surface area contributed by atoms with Gasteiger partial charge in [-0.15, -0.1) is 0 Å². The molecule has 180 valence electrons. The monoisotopic (exact) mass is 489 g/mol. The highest BCUT2D eigenvalue weighted by atomic mass is 16.5. The molecule has 6 aromatic carbocycles. The number of hydrogen-bond acceptors (Lipinski definition) is 3. The van der Waals surface area contributed by atoms with Gasteiger partial charge < -0.3 is 8.94 Å². The zero-order chi connectivity index (χ0) is 25.4. The van der Waals surface area contributed by atoms with Gasteiger partial charge in [-0.2, -0.15) is 0 Å². The third kappa shape index (κ3) is 2.87. The number of benzene rings is 6. The summed E-state index contributed by atoms with van der Waals surface area (Å²) in [5, 5.41) is 13.7. The van der Waals surface area contributed by atoms with Crippen molar-refractivity contribution in [3.63, 3.8) is 0 Å². The average Bonchev–Trinajstić information content (AvgIpc) is 3.50. The van der Waals surface area contributed by atoms with E-state index >= 15 is 0 Å². The first-order valence-electron chi connectivity index (χ1n) is 12.9. The molecule has 38 heavy (non-hydrogen) atoms. The largest absolute Gasteiger partial charge is 0.455 e. The van der Waals surface area contributed by atoms with E-state index < -0.39 is 0 Å². The molecule has 0 spiro atoms. The number of furan rings is 1. The number of aromatic nitrogens is 1. The van der Waals surface area contributed by atoms with Gasteiger partial charge in [0.15, 0.2) is 0 Å². The molecule has 8 rings (SSSR count). The lowest BCUT2D eigenvalue weighted by Gasteiger charge is -2.17. The van der Waals surface area contributed by atoms with Gasteiger partial charge in [-0.3, -0.25) is 0 Å². The average molecular weight is 490 g/mol. The van der Waals surface area contributed by atoms with Gasteiger partial charge in [0.1, 0.15) is 16.9 Å². The fourth-order valence-electron chi connectivity index (χ4n) is 6.21. The van der Waals surface area contributed by atoms with E-state index in [0.29, 0.717) is 0 Å². The van der Waals surface area contributed by atoms with Crippen LogP contribution in [0.4, 0.5) is 0 Å². The van der Waals surface area contributed by atoms with Crippen molar-refractivity contribution in [2.45, 2.75) is 13.8 Å². The van der Waals surface area contributed by atoms with Crippen molar-refractivity contribution >= 4 is 54.3 Å². The van der Waals surface area contributed by atoms with Crippen molar-refractivity contribution in [3.05, 3.63) is 115 Å². The standard InChI is InChI=1S/C35H23NO2/c1-20-32(21(2)38-36-20)34-28-13-7-5-11-26(28)33(27-12-6-8-14-29(27)34)23-16-17-25-30-18-15-22-9-3-4-10-24(22)35(30)37-31(25)19-23/h3-19H,1-2H3. The predicted octanol–water partition coefficient (Wildman–Crippen LogP) is 9.98. The molecule has 0 aliphatic carbocycles. The van der Waals surface area contributed by atoms with E-state index in [1.807, 2.05) is 13.8 Å². The number of rotatable bonds is 2. The minimum atomic E-state index is 0.835. The van der Waals surface area contributed by atoms with Crippen LogP contribution in [-0.4, -0.2) is 5.16 Å². The number of aryl methyl sites for hydroxylation is 2. The van der Waals surface area contributed by atoms with Gasteiger partial charge in [0, 0.05) is 27.3 Å². The van der Waals surface area contributed by atoms with Crippen LogP contribution in [0.25, 0.3) is 76.5 Å². The number of fused-ring (bicyclic) bond motifs is 7. The fourth-order valence-corrected chi connectivity index (χ4v) is 6.21. The molecule has 0 aliphatic rings. The smallest absolute Gasteiger partial charge is 0.143 e. The molecule has 0 aliphatic heterocycles. The van der Waals surface area contributed by atoms with Crippen LogP contribution in [0.2, 0.25) is 0 Å². The molecule has 0 radical (unpaired) electrons. The molecule has 0 bridgehead atoms. The van der Waals surface area contributed by atoms with Gasteiger partial charge >= 0.3 is 0 Å². The van der Waals surface area contributed by atoms with E-state index in [9.17, 15) is 0 Å². The second-order valence-electron chi connectivity index (χ2n) is 10.0. The summed E-state index contributed by atoms with van der Waals surface area (Å²) >= 11 is 0. The van der Waals surface area contributed by atoms with E-state index in [0.717, 1.165) is 49.9 Å². The van der Waals surface area contributed by atoms with Gasteiger partial charge in [-0.1, -0.05) is 90.1 Å². The SMILES string of the molecule is Cc1noc(C)c1-c1c2ccccc2c(-c2ccc3c(c2)oc2c4ccccc4ccc32)c2ccccc12. The lowest BCUT2D eigenvalue weighted by Crippen LogP contribution is -1.92. The van der Waals surface area contributed by atoms with Crippen molar-refractivity contribution in [3.8, 4) is 22.3 Å². The molecule has 2 heterocycles. The van der Waals surface area contributed by atoms with Gasteiger partial charge in [0.05, 0.1) is 5.69 Å². The lowest BCUT2D eigenvalue weighted by atomic mass is 9.85. The Kier molecular flexibility index (Phi) is 4.36. The Balaban J connectivity index is 1.48. The Morgan fingerprint density at radius 1 is 0.526 bits per heavy atom. The van der Waals surface area contributed by atoms with Crippen LogP contribution >= 0.6 is 0 Å². The highest BCUT2D eigenvalue weighted by Gasteiger charge is 2.21. The van der Waals surface area contributed by atoms with E-state index in [1.165, 1.54) is 38.1 Å². The highest BCUT2D eigenvalue weighted by molar-refractivity contribution is 6.22. The van der Waals surface area contributed by atoms with Crippen LogP contribution in [0.15, 0.2) is 112 Å². The molecule has 0 atom stereocenters. The summed E-state index contributed by atoms with van der Waals surface area (Å²) < 4.78 is 12.2. The van der Waals surface area contributed by atoms with Crippen molar-refractivity contribution in [2.75, 3.05) is 0 Å². The Morgan fingerprint density at radius 2 is 1.13 bits per heavy atom. The van der Waals surface area contributed by atoms with E-state index in [1.54, 1.807) is 0 Å². The second-order valence-corrected chi connectivity index (χ2v) is 10.0. The molecular formula is C35H23NO2. The van der Waals surface area contributed by atoms with Crippen molar-refractivity contribution in [1.82, 2.24) is 5.16 Å². The summed E-state index contributed by atoms with van der Waals surface area (Å²) in [6.07, 6.45) is 0. The van der Waals surface area contributed by atoms with Crippen molar-refractivity contribution in [1.29, 1.82) is 0 Å². The van der Waals surface area contributed by atoms with E-state index in [-0.39, 0.29) is 0 Å².